The average molecular weight is 527 g/mol. The standard InChI is InChI=1S/C15H14O.C15H16.C9H12/c1-9-4-5-14-12(7-9)13-8-10(2)6-11(3)15(13)16-14;1-11-5-4-6-14(8-11)15-9-12(2)7-13(3)10-15;1-7-4-8(2)6-9(3)5-7/h4-8H,1-3H3;4-10H,1-3H3;4-6H,1-3H3. The van der Waals surface area contributed by atoms with Gasteiger partial charge in [0.25, 0.3) is 0 Å². The molecule has 0 spiro atoms. The summed E-state index contributed by atoms with van der Waals surface area (Å²) in [5, 5.41) is 2.46. The van der Waals surface area contributed by atoms with E-state index < -0.39 is 0 Å². The Morgan fingerprint density at radius 3 is 1.43 bits per heavy atom. The van der Waals surface area contributed by atoms with E-state index in [2.05, 4.69) is 153 Å². The van der Waals surface area contributed by atoms with E-state index in [9.17, 15) is 0 Å². The van der Waals surface area contributed by atoms with E-state index in [4.69, 9.17) is 4.42 Å². The normalized spacial score (nSPS) is 10.6. The van der Waals surface area contributed by atoms with Gasteiger partial charge in [-0.15, -0.1) is 0 Å². The summed E-state index contributed by atoms with van der Waals surface area (Å²) >= 11 is 0. The summed E-state index contributed by atoms with van der Waals surface area (Å²) in [6, 6.07) is 32.6. The largest absolute Gasteiger partial charge is 0.456 e. The molecule has 6 rings (SSSR count). The first-order valence-corrected chi connectivity index (χ1v) is 14.1. The molecule has 0 radical (unpaired) electrons. The summed E-state index contributed by atoms with van der Waals surface area (Å²) in [4.78, 5) is 0. The molecule has 204 valence electrons. The topological polar surface area (TPSA) is 13.1 Å². The van der Waals surface area contributed by atoms with Crippen LogP contribution in [0, 0.1) is 62.3 Å². The molecule has 0 aliphatic rings. The van der Waals surface area contributed by atoms with E-state index in [1.165, 1.54) is 72.0 Å². The third-order valence-corrected chi connectivity index (χ3v) is 7.00. The summed E-state index contributed by atoms with van der Waals surface area (Å²) in [6.07, 6.45) is 0. The Morgan fingerprint density at radius 2 is 0.850 bits per heavy atom. The van der Waals surface area contributed by atoms with Crippen molar-refractivity contribution in [1.82, 2.24) is 0 Å². The number of benzene rings is 5. The molecule has 5 aromatic carbocycles. The molecular formula is C39H42O. The van der Waals surface area contributed by atoms with E-state index in [1.54, 1.807) is 0 Å². The molecule has 40 heavy (non-hydrogen) atoms. The molecular weight excluding hydrogens is 484 g/mol. The molecule has 1 heteroatoms. The summed E-state index contributed by atoms with van der Waals surface area (Å²) in [7, 11) is 0. The quantitative estimate of drug-likeness (QED) is 0.208. The van der Waals surface area contributed by atoms with Crippen molar-refractivity contribution in [3.8, 4) is 11.1 Å². The summed E-state index contributed by atoms with van der Waals surface area (Å²) in [6.45, 7) is 19.1. The molecule has 0 atom stereocenters. The van der Waals surface area contributed by atoms with Crippen LogP contribution in [0.25, 0.3) is 33.1 Å². The third-order valence-electron chi connectivity index (χ3n) is 7.00. The first kappa shape index (κ1) is 28.9. The number of rotatable bonds is 1. The first-order valence-electron chi connectivity index (χ1n) is 14.1. The lowest BCUT2D eigenvalue weighted by atomic mass is 10.00. The second-order valence-corrected chi connectivity index (χ2v) is 11.5. The van der Waals surface area contributed by atoms with Crippen LogP contribution in [0.2, 0.25) is 0 Å². The molecule has 0 bridgehead atoms. The highest BCUT2D eigenvalue weighted by molar-refractivity contribution is 6.06. The fraction of sp³-hybridized carbons (Fsp3) is 0.231. The van der Waals surface area contributed by atoms with Gasteiger partial charge in [0.2, 0.25) is 0 Å². The van der Waals surface area contributed by atoms with Crippen LogP contribution in [0.15, 0.2) is 95.4 Å². The van der Waals surface area contributed by atoms with Gasteiger partial charge in [-0.1, -0.05) is 112 Å². The molecule has 0 amide bonds. The van der Waals surface area contributed by atoms with Crippen molar-refractivity contribution in [1.29, 1.82) is 0 Å². The summed E-state index contributed by atoms with van der Waals surface area (Å²) in [5.74, 6) is 0. The number of hydrogen-bond donors (Lipinski definition) is 0. The van der Waals surface area contributed by atoms with Gasteiger partial charge in [-0.25, -0.2) is 0 Å². The minimum Gasteiger partial charge on any atom is -0.456 e. The molecule has 0 aliphatic heterocycles. The maximum atomic E-state index is 5.89. The Balaban J connectivity index is 0.000000145. The van der Waals surface area contributed by atoms with Crippen LogP contribution in [0.1, 0.15) is 50.1 Å². The van der Waals surface area contributed by atoms with Crippen molar-refractivity contribution in [2.75, 3.05) is 0 Å². The lowest BCUT2D eigenvalue weighted by molar-refractivity contribution is 0.665. The van der Waals surface area contributed by atoms with E-state index >= 15 is 0 Å². The lowest BCUT2D eigenvalue weighted by Gasteiger charge is -2.06. The van der Waals surface area contributed by atoms with E-state index in [1.807, 2.05) is 0 Å². The zero-order valence-corrected chi connectivity index (χ0v) is 25.6. The van der Waals surface area contributed by atoms with Crippen LogP contribution in [-0.4, -0.2) is 0 Å². The molecule has 1 heterocycles. The Kier molecular flexibility index (Phi) is 8.95. The number of furan rings is 1. The summed E-state index contributed by atoms with van der Waals surface area (Å²) in [5.41, 5.74) is 16.4. The Hall–Kier alpha value is -4.10. The fourth-order valence-corrected chi connectivity index (χ4v) is 5.51. The Labute approximate surface area is 240 Å². The molecule has 1 aromatic heterocycles. The van der Waals surface area contributed by atoms with Gasteiger partial charge in [-0.3, -0.25) is 0 Å². The monoisotopic (exact) mass is 526 g/mol. The Morgan fingerprint density at radius 1 is 0.375 bits per heavy atom. The van der Waals surface area contributed by atoms with E-state index in [-0.39, 0.29) is 0 Å². The zero-order chi connectivity index (χ0) is 29.0. The van der Waals surface area contributed by atoms with Crippen LogP contribution in [0.4, 0.5) is 0 Å². The lowest BCUT2D eigenvalue weighted by Crippen LogP contribution is -1.83. The van der Waals surface area contributed by atoms with Crippen molar-refractivity contribution in [3.05, 3.63) is 141 Å². The third kappa shape index (κ3) is 7.30. The predicted molar refractivity (Wildman–Crippen MR) is 175 cm³/mol. The summed E-state index contributed by atoms with van der Waals surface area (Å²) < 4.78 is 5.89. The molecule has 0 aliphatic carbocycles. The minimum atomic E-state index is 0.981. The van der Waals surface area contributed by atoms with Gasteiger partial charge in [-0.2, -0.15) is 0 Å². The van der Waals surface area contributed by atoms with Gasteiger partial charge in [0, 0.05) is 10.8 Å². The molecule has 0 fully saturated rings. The number of fused-ring (bicyclic) bond motifs is 3. The predicted octanol–water partition coefficient (Wildman–Crippen LogP) is 11.4. The van der Waals surface area contributed by atoms with Crippen molar-refractivity contribution < 1.29 is 4.42 Å². The highest BCUT2D eigenvalue weighted by atomic mass is 16.3. The van der Waals surface area contributed by atoms with Crippen LogP contribution in [0.5, 0.6) is 0 Å². The molecule has 1 nitrogen and oxygen atoms in total. The number of aryl methyl sites for hydroxylation is 9. The molecule has 0 saturated carbocycles. The van der Waals surface area contributed by atoms with Gasteiger partial charge in [-0.05, 0) is 103 Å². The van der Waals surface area contributed by atoms with E-state index in [0.29, 0.717) is 0 Å². The molecule has 0 saturated heterocycles. The van der Waals surface area contributed by atoms with Gasteiger partial charge in [0.05, 0.1) is 0 Å². The number of hydrogen-bond acceptors (Lipinski definition) is 1. The Bertz CT molecular complexity index is 1710. The van der Waals surface area contributed by atoms with Gasteiger partial charge >= 0.3 is 0 Å². The van der Waals surface area contributed by atoms with Crippen molar-refractivity contribution in [3.63, 3.8) is 0 Å². The minimum absolute atomic E-state index is 0.981. The van der Waals surface area contributed by atoms with Crippen LogP contribution >= 0.6 is 0 Å². The van der Waals surface area contributed by atoms with E-state index in [0.717, 1.165) is 11.2 Å². The fourth-order valence-electron chi connectivity index (χ4n) is 5.51. The zero-order valence-electron chi connectivity index (χ0n) is 25.6. The first-order chi connectivity index (χ1) is 19.0. The van der Waals surface area contributed by atoms with Gasteiger partial charge < -0.3 is 4.42 Å². The highest BCUT2D eigenvalue weighted by Gasteiger charge is 2.09. The average Bonchev–Trinajstić information content (AvgIpc) is 3.21. The maximum absolute atomic E-state index is 5.89. The van der Waals surface area contributed by atoms with Gasteiger partial charge in [0.15, 0.2) is 0 Å². The van der Waals surface area contributed by atoms with Crippen LogP contribution in [-0.2, 0) is 0 Å². The van der Waals surface area contributed by atoms with Gasteiger partial charge in [0.1, 0.15) is 11.2 Å². The second kappa shape index (κ2) is 12.4. The SMILES string of the molecule is Cc1cc(C)cc(C)c1.Cc1ccc2oc3c(C)cc(C)cc3c2c1.Cc1cccc(-c2cc(C)cc(C)c2)c1. The second-order valence-electron chi connectivity index (χ2n) is 11.5. The van der Waals surface area contributed by atoms with Crippen LogP contribution in [0.3, 0.4) is 0 Å². The highest BCUT2D eigenvalue weighted by Crippen LogP contribution is 2.32. The molecule has 0 N–H and O–H groups in total. The smallest absolute Gasteiger partial charge is 0.138 e. The maximum Gasteiger partial charge on any atom is 0.138 e. The van der Waals surface area contributed by atoms with Crippen molar-refractivity contribution in [2.45, 2.75) is 62.3 Å². The molecule has 6 aromatic rings. The van der Waals surface area contributed by atoms with Crippen LogP contribution < -0.4 is 0 Å². The van der Waals surface area contributed by atoms with Crippen molar-refractivity contribution in [2.24, 2.45) is 0 Å². The van der Waals surface area contributed by atoms with Crippen molar-refractivity contribution >= 4 is 21.9 Å². The molecule has 0 unspecified atom stereocenters.